The molecule has 0 saturated heterocycles. The predicted octanol–water partition coefficient (Wildman–Crippen LogP) is 1.80. The van der Waals surface area contributed by atoms with E-state index in [2.05, 4.69) is 10.3 Å². The first-order valence-electron chi connectivity index (χ1n) is 5.51. The SMILES string of the molecule is CNC(=C[N+](=O)[O-])N(CCF)Cc1ccc(Cl)nc1. The molecule has 0 aliphatic carbocycles. The number of nitro groups is 1. The number of nitrogens with zero attached hydrogens (tertiary/aromatic N) is 3. The molecule has 1 rings (SSSR count). The van der Waals surface area contributed by atoms with Crippen molar-refractivity contribution in [2.24, 2.45) is 0 Å². The molecule has 0 amide bonds. The Labute approximate surface area is 115 Å². The minimum Gasteiger partial charge on any atom is -0.370 e. The molecule has 6 nitrogen and oxygen atoms in total. The summed E-state index contributed by atoms with van der Waals surface area (Å²) in [5, 5.41) is 13.6. The van der Waals surface area contributed by atoms with Crippen molar-refractivity contribution in [3.05, 3.63) is 51.2 Å². The Morgan fingerprint density at radius 1 is 1.68 bits per heavy atom. The number of aromatic nitrogens is 1. The number of pyridine rings is 1. The fourth-order valence-electron chi connectivity index (χ4n) is 1.51. The third-order valence-corrected chi connectivity index (χ3v) is 2.56. The normalized spacial score (nSPS) is 11.2. The molecule has 0 radical (unpaired) electrons. The second-order valence-electron chi connectivity index (χ2n) is 3.65. The van der Waals surface area contributed by atoms with Gasteiger partial charge in [-0.15, -0.1) is 0 Å². The highest BCUT2D eigenvalue weighted by atomic mass is 35.5. The van der Waals surface area contributed by atoms with E-state index in [0.717, 1.165) is 11.8 Å². The lowest BCUT2D eigenvalue weighted by Crippen LogP contribution is -2.32. The smallest absolute Gasteiger partial charge is 0.274 e. The molecule has 0 atom stereocenters. The van der Waals surface area contributed by atoms with Crippen LogP contribution in [0.25, 0.3) is 0 Å². The van der Waals surface area contributed by atoms with Gasteiger partial charge < -0.3 is 10.2 Å². The standard InChI is InChI=1S/C11H14ClFN4O2/c1-14-11(8-17(18)19)16(5-4-13)7-9-2-3-10(12)15-6-9/h2-3,6,8,14H,4-5,7H2,1H3. The number of hydrogen-bond acceptors (Lipinski definition) is 5. The van der Waals surface area contributed by atoms with Gasteiger partial charge in [-0.2, -0.15) is 0 Å². The topological polar surface area (TPSA) is 71.3 Å². The van der Waals surface area contributed by atoms with Crippen molar-refractivity contribution in [2.45, 2.75) is 6.54 Å². The first kappa shape index (κ1) is 15.2. The number of hydrogen-bond donors (Lipinski definition) is 1. The van der Waals surface area contributed by atoms with Crippen molar-refractivity contribution < 1.29 is 9.31 Å². The lowest BCUT2D eigenvalue weighted by atomic mass is 10.2. The van der Waals surface area contributed by atoms with Gasteiger partial charge in [0, 0.05) is 26.3 Å². The van der Waals surface area contributed by atoms with Gasteiger partial charge in [-0.3, -0.25) is 10.1 Å². The van der Waals surface area contributed by atoms with Crippen LogP contribution in [0.2, 0.25) is 5.15 Å². The van der Waals surface area contributed by atoms with Crippen molar-refractivity contribution in [2.75, 3.05) is 20.3 Å². The summed E-state index contributed by atoms with van der Waals surface area (Å²) in [5.74, 6) is 0.234. The van der Waals surface area contributed by atoms with Gasteiger partial charge in [-0.1, -0.05) is 17.7 Å². The number of halogens is 2. The molecular weight excluding hydrogens is 275 g/mol. The van der Waals surface area contributed by atoms with E-state index in [1.165, 1.54) is 4.90 Å². The van der Waals surface area contributed by atoms with E-state index in [4.69, 9.17) is 11.6 Å². The molecule has 0 aliphatic rings. The fourth-order valence-corrected chi connectivity index (χ4v) is 1.62. The highest BCUT2D eigenvalue weighted by Crippen LogP contribution is 2.11. The zero-order chi connectivity index (χ0) is 14.3. The van der Waals surface area contributed by atoms with Crippen LogP contribution in [0, 0.1) is 10.1 Å². The second kappa shape index (κ2) is 7.52. The van der Waals surface area contributed by atoms with Gasteiger partial charge in [0.15, 0.2) is 5.82 Å². The molecule has 104 valence electrons. The molecule has 1 aromatic rings. The Bertz CT molecular complexity index is 453. The molecule has 1 aromatic heterocycles. The maximum absolute atomic E-state index is 12.5. The average molecular weight is 289 g/mol. The summed E-state index contributed by atoms with van der Waals surface area (Å²) < 4.78 is 12.5. The summed E-state index contributed by atoms with van der Waals surface area (Å²) in [6.07, 6.45) is 2.35. The minimum absolute atomic E-state index is 0.0448. The molecule has 1 heterocycles. The van der Waals surface area contributed by atoms with Crippen LogP contribution >= 0.6 is 11.6 Å². The van der Waals surface area contributed by atoms with Crippen molar-refractivity contribution in [3.63, 3.8) is 0 Å². The molecule has 8 heteroatoms. The Morgan fingerprint density at radius 3 is 2.89 bits per heavy atom. The molecule has 0 fully saturated rings. The van der Waals surface area contributed by atoms with Gasteiger partial charge in [0.05, 0.1) is 4.92 Å². The lowest BCUT2D eigenvalue weighted by molar-refractivity contribution is -0.404. The Kier molecular flexibility index (Phi) is 6.01. The summed E-state index contributed by atoms with van der Waals surface area (Å²) >= 11 is 5.67. The molecule has 1 N–H and O–H groups in total. The first-order valence-corrected chi connectivity index (χ1v) is 5.89. The first-order chi connectivity index (χ1) is 9.06. The second-order valence-corrected chi connectivity index (χ2v) is 4.04. The minimum atomic E-state index is -0.613. The summed E-state index contributed by atoms with van der Waals surface area (Å²) in [6.45, 7) is -0.268. The van der Waals surface area contributed by atoms with Crippen LogP contribution in [0.5, 0.6) is 0 Å². The molecule has 0 aliphatic heterocycles. The zero-order valence-electron chi connectivity index (χ0n) is 10.3. The highest BCUT2D eigenvalue weighted by molar-refractivity contribution is 6.29. The molecule has 0 spiro atoms. The van der Waals surface area contributed by atoms with Gasteiger partial charge in [0.2, 0.25) is 0 Å². The van der Waals surface area contributed by atoms with Crippen molar-refractivity contribution in [3.8, 4) is 0 Å². The third kappa shape index (κ3) is 5.09. The average Bonchev–Trinajstić information content (AvgIpc) is 2.38. The van der Waals surface area contributed by atoms with Crippen LogP contribution in [-0.4, -0.2) is 35.1 Å². The lowest BCUT2D eigenvalue weighted by Gasteiger charge is -2.24. The quantitative estimate of drug-likeness (QED) is 0.471. The fraction of sp³-hybridized carbons (Fsp3) is 0.364. The van der Waals surface area contributed by atoms with Crippen LogP contribution in [0.4, 0.5) is 4.39 Å². The van der Waals surface area contributed by atoms with Crippen molar-refractivity contribution in [1.82, 2.24) is 15.2 Å². The van der Waals surface area contributed by atoms with E-state index in [9.17, 15) is 14.5 Å². The highest BCUT2D eigenvalue weighted by Gasteiger charge is 2.12. The van der Waals surface area contributed by atoms with Gasteiger partial charge in [-0.05, 0) is 11.6 Å². The van der Waals surface area contributed by atoms with Crippen molar-refractivity contribution in [1.29, 1.82) is 0 Å². The van der Waals surface area contributed by atoms with Crippen LogP contribution in [0.15, 0.2) is 30.4 Å². The van der Waals surface area contributed by atoms with Crippen LogP contribution < -0.4 is 5.32 Å². The van der Waals surface area contributed by atoms with Gasteiger partial charge in [-0.25, -0.2) is 9.37 Å². The van der Waals surface area contributed by atoms with Crippen LogP contribution in [-0.2, 0) is 6.54 Å². The summed E-state index contributed by atoms with van der Waals surface area (Å²) in [7, 11) is 1.54. The number of nitrogens with one attached hydrogen (secondary N) is 1. The number of alkyl halides is 1. The summed E-state index contributed by atoms with van der Waals surface area (Å²) in [5.41, 5.74) is 0.780. The van der Waals surface area contributed by atoms with Crippen LogP contribution in [0.3, 0.4) is 0 Å². The zero-order valence-corrected chi connectivity index (χ0v) is 11.1. The van der Waals surface area contributed by atoms with E-state index in [1.807, 2.05) is 0 Å². The monoisotopic (exact) mass is 288 g/mol. The van der Waals surface area contributed by atoms with Crippen LogP contribution in [0.1, 0.15) is 5.56 Å². The molecule has 0 aromatic carbocycles. The third-order valence-electron chi connectivity index (χ3n) is 2.34. The molecular formula is C11H14ClFN4O2. The molecule has 0 bridgehead atoms. The maximum atomic E-state index is 12.5. The van der Waals surface area contributed by atoms with E-state index < -0.39 is 11.6 Å². The summed E-state index contributed by atoms with van der Waals surface area (Å²) in [6, 6.07) is 3.35. The van der Waals surface area contributed by atoms with Gasteiger partial charge in [0.1, 0.15) is 11.8 Å². The molecule has 19 heavy (non-hydrogen) atoms. The predicted molar refractivity (Wildman–Crippen MR) is 69.8 cm³/mol. The van der Waals surface area contributed by atoms with E-state index >= 15 is 0 Å². The Morgan fingerprint density at radius 2 is 2.42 bits per heavy atom. The van der Waals surface area contributed by atoms with E-state index in [1.54, 1.807) is 25.4 Å². The Hall–Kier alpha value is -1.89. The van der Waals surface area contributed by atoms with E-state index in [0.29, 0.717) is 11.7 Å². The molecule has 0 unspecified atom stereocenters. The molecule has 0 saturated carbocycles. The van der Waals surface area contributed by atoms with Crippen molar-refractivity contribution >= 4 is 11.6 Å². The van der Waals surface area contributed by atoms with E-state index in [-0.39, 0.29) is 12.4 Å². The largest absolute Gasteiger partial charge is 0.370 e. The van der Waals surface area contributed by atoms with Gasteiger partial charge >= 0.3 is 0 Å². The Balaban J connectivity index is 2.87. The maximum Gasteiger partial charge on any atom is 0.274 e. The summed E-state index contributed by atoms with van der Waals surface area (Å²) in [4.78, 5) is 15.4. The van der Waals surface area contributed by atoms with Gasteiger partial charge in [0.25, 0.3) is 6.20 Å². The number of rotatable bonds is 7.